The maximum absolute atomic E-state index is 12.9. The molecule has 1 saturated heterocycles. The molecule has 21 heavy (non-hydrogen) atoms. The fourth-order valence-electron chi connectivity index (χ4n) is 3.26. The van der Waals surface area contributed by atoms with Crippen LogP contribution in [-0.2, 0) is 21.3 Å². The topological polar surface area (TPSA) is 58.6 Å². The monoisotopic (exact) mass is 330 g/mol. The van der Waals surface area contributed by atoms with Gasteiger partial charge >= 0.3 is 0 Å². The smallest absolute Gasteiger partial charge is 0.244 e. The van der Waals surface area contributed by atoms with Crippen molar-refractivity contribution in [3.05, 3.63) is 16.3 Å². The molecule has 1 aliphatic heterocycles. The van der Waals surface area contributed by atoms with E-state index in [9.17, 15) is 8.42 Å². The molecule has 0 aromatic carbocycles. The van der Waals surface area contributed by atoms with Gasteiger partial charge in [0, 0.05) is 23.3 Å². The van der Waals surface area contributed by atoms with Crippen LogP contribution in [0.1, 0.15) is 30.6 Å². The number of hydrogen-bond donors (Lipinski definition) is 1. The standard InChI is InChI=1S/C14H22N2O3S2/c1-15-9-11-8-12(10-20-11)21(17,18)16-6-7-19-14-5-3-2-4-13(14)16/h8,10,13-15H,2-7,9H2,1H3. The SMILES string of the molecule is CNCc1cc(S(=O)(=O)N2CCOC3CCCCC32)cs1. The van der Waals surface area contributed by atoms with E-state index in [1.165, 1.54) is 11.3 Å². The Hall–Kier alpha value is -0.470. The first-order valence-corrected chi connectivity index (χ1v) is 9.80. The van der Waals surface area contributed by atoms with E-state index in [2.05, 4.69) is 5.32 Å². The number of fused-ring (bicyclic) bond motifs is 1. The fraction of sp³-hybridized carbons (Fsp3) is 0.714. The molecule has 1 aromatic rings. The zero-order chi connectivity index (χ0) is 14.9. The van der Waals surface area contributed by atoms with Gasteiger partial charge in [0.05, 0.1) is 23.6 Å². The third kappa shape index (κ3) is 3.03. The van der Waals surface area contributed by atoms with Crippen molar-refractivity contribution < 1.29 is 13.2 Å². The summed E-state index contributed by atoms with van der Waals surface area (Å²) in [7, 11) is -1.53. The first kappa shape index (κ1) is 15.4. The number of ether oxygens (including phenoxy) is 1. The fourth-order valence-corrected chi connectivity index (χ4v) is 6.20. The van der Waals surface area contributed by atoms with Crippen molar-refractivity contribution in [2.75, 3.05) is 20.2 Å². The Bertz CT molecular complexity index is 583. The van der Waals surface area contributed by atoms with Gasteiger partial charge in [-0.1, -0.05) is 12.8 Å². The summed E-state index contributed by atoms with van der Waals surface area (Å²) in [4.78, 5) is 1.48. The summed E-state index contributed by atoms with van der Waals surface area (Å²) in [6.07, 6.45) is 4.20. The maximum Gasteiger partial charge on any atom is 0.244 e. The Morgan fingerprint density at radius 3 is 3.05 bits per heavy atom. The van der Waals surface area contributed by atoms with Crippen molar-refractivity contribution in [2.45, 2.75) is 49.3 Å². The van der Waals surface area contributed by atoms with E-state index in [1.54, 1.807) is 15.8 Å². The Morgan fingerprint density at radius 1 is 1.43 bits per heavy atom. The predicted octanol–water partition coefficient (Wildman–Crippen LogP) is 1.80. The lowest BCUT2D eigenvalue weighted by Crippen LogP contribution is -2.54. The van der Waals surface area contributed by atoms with E-state index in [1.807, 2.05) is 7.05 Å². The predicted molar refractivity (Wildman–Crippen MR) is 83.0 cm³/mol. The second kappa shape index (κ2) is 6.34. The number of nitrogens with one attached hydrogen (secondary N) is 1. The van der Waals surface area contributed by atoms with Crippen LogP contribution in [0.15, 0.2) is 16.3 Å². The molecule has 2 aliphatic rings. The molecule has 2 fully saturated rings. The highest BCUT2D eigenvalue weighted by Gasteiger charge is 2.41. The van der Waals surface area contributed by atoms with Crippen molar-refractivity contribution in [2.24, 2.45) is 0 Å². The Balaban J connectivity index is 1.85. The molecule has 2 heterocycles. The molecule has 3 rings (SSSR count). The molecule has 2 unspecified atom stereocenters. The van der Waals surface area contributed by atoms with Gasteiger partial charge in [0.1, 0.15) is 0 Å². The van der Waals surface area contributed by atoms with E-state index in [4.69, 9.17) is 4.74 Å². The number of hydrogen-bond acceptors (Lipinski definition) is 5. The largest absolute Gasteiger partial charge is 0.375 e. The summed E-state index contributed by atoms with van der Waals surface area (Å²) in [5, 5.41) is 4.81. The van der Waals surface area contributed by atoms with Crippen LogP contribution in [0.2, 0.25) is 0 Å². The Labute approximate surface area is 130 Å². The molecule has 0 bridgehead atoms. The van der Waals surface area contributed by atoms with Gasteiger partial charge in [-0.3, -0.25) is 0 Å². The molecule has 1 N–H and O–H groups in total. The van der Waals surface area contributed by atoms with Crippen molar-refractivity contribution in [3.8, 4) is 0 Å². The van der Waals surface area contributed by atoms with Crippen LogP contribution >= 0.6 is 11.3 Å². The van der Waals surface area contributed by atoms with Gasteiger partial charge in [-0.2, -0.15) is 4.31 Å². The molecule has 2 atom stereocenters. The lowest BCUT2D eigenvalue weighted by atomic mass is 9.91. The maximum atomic E-state index is 12.9. The van der Waals surface area contributed by atoms with Gasteiger partial charge in [-0.05, 0) is 26.0 Å². The lowest BCUT2D eigenvalue weighted by Gasteiger charge is -2.42. The number of nitrogens with zero attached hydrogens (tertiary/aromatic N) is 1. The normalized spacial score (nSPS) is 27.5. The molecule has 7 heteroatoms. The van der Waals surface area contributed by atoms with Crippen LogP contribution in [0.4, 0.5) is 0 Å². The minimum Gasteiger partial charge on any atom is -0.375 e. The van der Waals surface area contributed by atoms with Gasteiger partial charge in [-0.15, -0.1) is 11.3 Å². The first-order valence-electron chi connectivity index (χ1n) is 7.48. The zero-order valence-corrected chi connectivity index (χ0v) is 13.9. The van der Waals surface area contributed by atoms with Crippen molar-refractivity contribution >= 4 is 21.4 Å². The molecule has 118 valence electrons. The highest BCUT2D eigenvalue weighted by Crippen LogP contribution is 2.33. The summed E-state index contributed by atoms with van der Waals surface area (Å²) in [5.74, 6) is 0. The van der Waals surface area contributed by atoms with Crippen LogP contribution in [0.3, 0.4) is 0 Å². The van der Waals surface area contributed by atoms with Crippen molar-refractivity contribution in [1.29, 1.82) is 0 Å². The number of sulfonamides is 1. The average Bonchev–Trinajstić information content (AvgIpc) is 2.96. The highest BCUT2D eigenvalue weighted by atomic mass is 32.2. The zero-order valence-electron chi connectivity index (χ0n) is 12.2. The minimum atomic E-state index is -3.39. The minimum absolute atomic E-state index is 0.0187. The number of rotatable bonds is 4. The quantitative estimate of drug-likeness (QED) is 0.914. The summed E-state index contributed by atoms with van der Waals surface area (Å²) in [6.45, 7) is 1.68. The molecule has 0 amide bonds. The van der Waals surface area contributed by atoms with Crippen LogP contribution in [0, 0.1) is 0 Å². The molecule has 1 aromatic heterocycles. The number of morpholine rings is 1. The van der Waals surface area contributed by atoms with E-state index >= 15 is 0 Å². The van der Waals surface area contributed by atoms with Gasteiger partial charge in [0.15, 0.2) is 0 Å². The molecular formula is C14H22N2O3S2. The third-order valence-electron chi connectivity index (χ3n) is 4.27. The van der Waals surface area contributed by atoms with Crippen LogP contribution in [-0.4, -0.2) is 45.1 Å². The molecular weight excluding hydrogens is 308 g/mol. The molecule has 1 aliphatic carbocycles. The van der Waals surface area contributed by atoms with E-state index in [-0.39, 0.29) is 12.1 Å². The summed E-state index contributed by atoms with van der Waals surface area (Å²) in [5.41, 5.74) is 0. The Morgan fingerprint density at radius 2 is 2.24 bits per heavy atom. The van der Waals surface area contributed by atoms with Gasteiger partial charge < -0.3 is 10.1 Å². The molecule has 1 saturated carbocycles. The molecule has 0 spiro atoms. The number of thiophene rings is 1. The molecule has 0 radical (unpaired) electrons. The Kier molecular flexibility index (Phi) is 4.66. The van der Waals surface area contributed by atoms with E-state index in [0.29, 0.717) is 24.6 Å². The molecule has 5 nitrogen and oxygen atoms in total. The van der Waals surface area contributed by atoms with Crippen LogP contribution in [0.5, 0.6) is 0 Å². The summed E-state index contributed by atoms with van der Waals surface area (Å²) >= 11 is 1.49. The van der Waals surface area contributed by atoms with Gasteiger partial charge in [0.2, 0.25) is 10.0 Å². The van der Waals surface area contributed by atoms with Gasteiger partial charge in [-0.25, -0.2) is 8.42 Å². The third-order valence-corrected chi connectivity index (χ3v) is 7.26. The summed E-state index contributed by atoms with van der Waals surface area (Å²) in [6, 6.07) is 1.81. The van der Waals surface area contributed by atoms with Crippen molar-refractivity contribution in [3.63, 3.8) is 0 Å². The van der Waals surface area contributed by atoms with E-state index < -0.39 is 10.0 Å². The second-order valence-electron chi connectivity index (χ2n) is 5.66. The summed E-state index contributed by atoms with van der Waals surface area (Å²) < 4.78 is 33.3. The average molecular weight is 330 g/mol. The first-order chi connectivity index (χ1) is 10.1. The van der Waals surface area contributed by atoms with E-state index in [0.717, 1.165) is 30.6 Å². The highest BCUT2D eigenvalue weighted by molar-refractivity contribution is 7.89. The van der Waals surface area contributed by atoms with Crippen LogP contribution in [0.25, 0.3) is 0 Å². The van der Waals surface area contributed by atoms with Gasteiger partial charge in [0.25, 0.3) is 0 Å². The van der Waals surface area contributed by atoms with Crippen molar-refractivity contribution in [1.82, 2.24) is 9.62 Å². The second-order valence-corrected chi connectivity index (χ2v) is 8.54. The van der Waals surface area contributed by atoms with Crippen LogP contribution < -0.4 is 5.32 Å². The lowest BCUT2D eigenvalue weighted by molar-refractivity contribution is -0.0586.